The average molecular weight is 356 g/mol. The molecule has 0 fully saturated rings. The monoisotopic (exact) mass is 355 g/mol. The highest BCUT2D eigenvalue weighted by atomic mass is 79.9. The van der Waals surface area contributed by atoms with Crippen molar-refractivity contribution in [1.82, 2.24) is 0 Å². The lowest BCUT2D eigenvalue weighted by Gasteiger charge is -2.06. The third kappa shape index (κ3) is 4.18. The third-order valence-electron chi connectivity index (χ3n) is 2.42. The molecule has 2 aromatic carbocycles. The molecule has 0 saturated heterocycles. The smallest absolute Gasteiger partial charge is 0.255 e. The first kappa shape index (κ1) is 14.7. The molecule has 2 rings (SSSR count). The highest BCUT2D eigenvalue weighted by molar-refractivity contribution is 9.10. The quantitative estimate of drug-likeness (QED) is 0.900. The second kappa shape index (κ2) is 6.19. The minimum Gasteiger partial charge on any atom is -0.279 e. The van der Waals surface area contributed by atoms with E-state index in [9.17, 15) is 12.8 Å². The van der Waals surface area contributed by atoms with Crippen LogP contribution in [0.5, 0.6) is 0 Å². The van der Waals surface area contributed by atoms with Gasteiger partial charge in [0.15, 0.2) is 0 Å². The summed E-state index contributed by atoms with van der Waals surface area (Å²) >= 11 is 3.10. The highest BCUT2D eigenvalue weighted by Crippen LogP contribution is 2.24. The number of nitrogens with one attached hydrogen (secondary N) is 1. The van der Waals surface area contributed by atoms with E-state index in [1.807, 2.05) is 18.2 Å². The Bertz CT molecular complexity index is 730. The fourth-order valence-corrected chi connectivity index (χ4v) is 2.96. The molecule has 1 N–H and O–H groups in total. The van der Waals surface area contributed by atoms with Crippen molar-refractivity contribution in [2.75, 3.05) is 4.72 Å². The topological polar surface area (TPSA) is 46.2 Å². The molecule has 2 aromatic rings. The lowest BCUT2D eigenvalue weighted by molar-refractivity contribution is 0.609. The molecule has 0 bridgehead atoms. The molecule has 3 nitrogen and oxygen atoms in total. The van der Waals surface area contributed by atoms with Gasteiger partial charge in [-0.25, -0.2) is 12.8 Å². The molecule has 0 aromatic heterocycles. The van der Waals surface area contributed by atoms with Crippen LogP contribution in [0, 0.1) is 5.82 Å². The Morgan fingerprint density at radius 2 is 1.80 bits per heavy atom. The largest absolute Gasteiger partial charge is 0.279 e. The summed E-state index contributed by atoms with van der Waals surface area (Å²) in [5, 5.41) is 1.07. The number of hydrogen-bond acceptors (Lipinski definition) is 2. The second-order valence-corrected chi connectivity index (χ2v) is 6.41. The van der Waals surface area contributed by atoms with Gasteiger partial charge in [-0.15, -0.1) is 0 Å². The Hall–Kier alpha value is -1.66. The first-order chi connectivity index (χ1) is 9.46. The van der Waals surface area contributed by atoms with Gasteiger partial charge in [-0.05, 0) is 45.8 Å². The molecule has 0 aliphatic carbocycles. The van der Waals surface area contributed by atoms with Crippen molar-refractivity contribution >= 4 is 37.7 Å². The van der Waals surface area contributed by atoms with Crippen molar-refractivity contribution in [3.05, 3.63) is 69.8 Å². The van der Waals surface area contributed by atoms with Gasteiger partial charge in [0.25, 0.3) is 10.0 Å². The van der Waals surface area contributed by atoms with E-state index in [0.29, 0.717) is 4.47 Å². The van der Waals surface area contributed by atoms with Gasteiger partial charge in [-0.1, -0.05) is 30.3 Å². The number of rotatable bonds is 4. The standard InChI is InChI=1S/C14H11BrFNO2S/c15-13-10-12(16)6-7-14(13)17-20(18,19)9-8-11-4-2-1-3-5-11/h1-10,17H/b9-8+. The minimum atomic E-state index is -3.65. The minimum absolute atomic E-state index is 0.282. The van der Waals surface area contributed by atoms with Crippen LogP contribution in [-0.2, 0) is 10.0 Å². The highest BCUT2D eigenvalue weighted by Gasteiger charge is 2.09. The summed E-state index contributed by atoms with van der Waals surface area (Å²) in [4.78, 5) is 0. The molecular weight excluding hydrogens is 345 g/mol. The number of sulfonamides is 1. The first-order valence-corrected chi connectivity index (χ1v) is 8.01. The first-order valence-electron chi connectivity index (χ1n) is 5.67. The van der Waals surface area contributed by atoms with E-state index in [4.69, 9.17) is 0 Å². The summed E-state index contributed by atoms with van der Waals surface area (Å²) in [6.07, 6.45) is 1.49. The van der Waals surface area contributed by atoms with Gasteiger partial charge in [0.1, 0.15) is 5.82 Å². The van der Waals surface area contributed by atoms with Crippen LogP contribution in [-0.4, -0.2) is 8.42 Å². The Balaban J connectivity index is 2.17. The molecule has 0 saturated carbocycles. The van der Waals surface area contributed by atoms with Gasteiger partial charge in [0, 0.05) is 4.47 Å². The van der Waals surface area contributed by atoms with Crippen LogP contribution in [0.1, 0.15) is 5.56 Å². The maximum absolute atomic E-state index is 12.9. The van der Waals surface area contributed by atoms with Gasteiger partial charge < -0.3 is 0 Å². The Labute approximate surface area is 125 Å². The zero-order chi connectivity index (χ0) is 14.6. The van der Waals surface area contributed by atoms with Gasteiger partial charge in [0.2, 0.25) is 0 Å². The predicted molar refractivity (Wildman–Crippen MR) is 82.1 cm³/mol. The molecular formula is C14H11BrFNO2S. The molecule has 0 heterocycles. The van der Waals surface area contributed by atoms with Gasteiger partial charge in [-0.2, -0.15) is 0 Å². The maximum Gasteiger partial charge on any atom is 0.255 e. The average Bonchev–Trinajstić information content (AvgIpc) is 2.41. The second-order valence-electron chi connectivity index (χ2n) is 3.98. The Morgan fingerprint density at radius 1 is 1.10 bits per heavy atom. The zero-order valence-electron chi connectivity index (χ0n) is 10.3. The number of halogens is 2. The van der Waals surface area contributed by atoms with E-state index >= 15 is 0 Å². The predicted octanol–water partition coefficient (Wildman–Crippen LogP) is 4.00. The van der Waals surface area contributed by atoms with E-state index < -0.39 is 15.8 Å². The summed E-state index contributed by atoms with van der Waals surface area (Å²) in [5.41, 5.74) is 1.06. The lowest BCUT2D eigenvalue weighted by atomic mass is 10.2. The van der Waals surface area contributed by atoms with Crippen LogP contribution >= 0.6 is 15.9 Å². The van der Waals surface area contributed by atoms with Crippen molar-refractivity contribution in [3.63, 3.8) is 0 Å². The summed E-state index contributed by atoms with van der Waals surface area (Å²) < 4.78 is 39.4. The number of anilines is 1. The van der Waals surface area contributed by atoms with E-state index in [-0.39, 0.29) is 5.69 Å². The Kier molecular flexibility index (Phi) is 4.57. The third-order valence-corrected chi connectivity index (χ3v) is 4.08. The van der Waals surface area contributed by atoms with Gasteiger partial charge in [-0.3, -0.25) is 4.72 Å². The van der Waals surface area contributed by atoms with Crippen LogP contribution < -0.4 is 4.72 Å². The van der Waals surface area contributed by atoms with Crippen LogP contribution in [0.3, 0.4) is 0 Å². The summed E-state index contributed by atoms with van der Waals surface area (Å²) in [7, 11) is -3.65. The van der Waals surface area contributed by atoms with E-state index in [1.165, 1.54) is 24.3 Å². The van der Waals surface area contributed by atoms with Crippen LogP contribution in [0.2, 0.25) is 0 Å². The summed E-state index contributed by atoms with van der Waals surface area (Å²) in [6.45, 7) is 0. The normalized spacial score (nSPS) is 11.7. The molecule has 0 amide bonds. The molecule has 6 heteroatoms. The summed E-state index contributed by atoms with van der Waals surface area (Å²) in [6, 6.07) is 12.8. The molecule has 0 spiro atoms. The fourth-order valence-electron chi connectivity index (χ4n) is 1.49. The van der Waals surface area contributed by atoms with Crippen LogP contribution in [0.15, 0.2) is 58.4 Å². The van der Waals surface area contributed by atoms with E-state index in [2.05, 4.69) is 20.7 Å². The van der Waals surface area contributed by atoms with Gasteiger partial charge in [0.05, 0.1) is 11.1 Å². The number of benzene rings is 2. The molecule has 0 aliphatic heterocycles. The van der Waals surface area contributed by atoms with Crippen molar-refractivity contribution in [1.29, 1.82) is 0 Å². The molecule has 0 aliphatic rings. The molecule has 0 atom stereocenters. The molecule has 104 valence electrons. The summed E-state index contributed by atoms with van der Waals surface area (Å²) in [5.74, 6) is -0.445. The lowest BCUT2D eigenvalue weighted by Crippen LogP contribution is -2.09. The molecule has 20 heavy (non-hydrogen) atoms. The van der Waals surface area contributed by atoms with Crippen LogP contribution in [0.25, 0.3) is 6.08 Å². The Morgan fingerprint density at radius 3 is 2.45 bits per heavy atom. The van der Waals surface area contributed by atoms with Crippen molar-refractivity contribution in [3.8, 4) is 0 Å². The molecule has 0 unspecified atom stereocenters. The van der Waals surface area contributed by atoms with E-state index in [0.717, 1.165) is 11.0 Å². The van der Waals surface area contributed by atoms with Crippen LogP contribution in [0.4, 0.5) is 10.1 Å². The van der Waals surface area contributed by atoms with Crippen molar-refractivity contribution < 1.29 is 12.8 Å². The maximum atomic E-state index is 12.9. The zero-order valence-corrected chi connectivity index (χ0v) is 12.7. The van der Waals surface area contributed by atoms with Crippen molar-refractivity contribution in [2.24, 2.45) is 0 Å². The molecule has 0 radical (unpaired) electrons. The number of hydrogen-bond donors (Lipinski definition) is 1. The fraction of sp³-hybridized carbons (Fsp3) is 0. The van der Waals surface area contributed by atoms with Crippen molar-refractivity contribution in [2.45, 2.75) is 0 Å². The SMILES string of the molecule is O=S(=O)(/C=C/c1ccccc1)Nc1ccc(F)cc1Br. The van der Waals surface area contributed by atoms with E-state index in [1.54, 1.807) is 12.1 Å². The van der Waals surface area contributed by atoms with Gasteiger partial charge >= 0.3 is 0 Å².